The van der Waals surface area contributed by atoms with Crippen LogP contribution in [0.4, 0.5) is 4.79 Å². The fourth-order valence-electron chi connectivity index (χ4n) is 5.87. The summed E-state index contributed by atoms with van der Waals surface area (Å²) in [6.07, 6.45) is 2.30. The van der Waals surface area contributed by atoms with Crippen LogP contribution in [0.3, 0.4) is 0 Å². The predicted molar refractivity (Wildman–Crippen MR) is 142 cm³/mol. The summed E-state index contributed by atoms with van der Waals surface area (Å²) in [4.78, 5) is 44.2. The first-order chi connectivity index (χ1) is 17.6. The van der Waals surface area contributed by atoms with E-state index in [9.17, 15) is 14.4 Å². The number of nitrogens with zero attached hydrogens (tertiary/aromatic N) is 3. The highest BCUT2D eigenvalue weighted by Gasteiger charge is 2.55. The summed E-state index contributed by atoms with van der Waals surface area (Å²) >= 11 is 0. The lowest BCUT2D eigenvalue weighted by Crippen LogP contribution is -2.57. The number of hydrogen-bond acceptors (Lipinski definition) is 6. The molecule has 0 saturated carbocycles. The molecule has 0 aromatic heterocycles. The number of carbonyl (C=O) groups excluding carboxylic acids is 3. The van der Waals surface area contributed by atoms with Gasteiger partial charge in [-0.2, -0.15) is 0 Å². The monoisotopic (exact) mass is 511 g/mol. The van der Waals surface area contributed by atoms with Crippen molar-refractivity contribution in [1.82, 2.24) is 36.2 Å². The number of rotatable bonds is 7. The first kappa shape index (κ1) is 27.1. The van der Waals surface area contributed by atoms with E-state index in [0.717, 1.165) is 5.56 Å². The zero-order valence-electron chi connectivity index (χ0n) is 22.4. The normalized spacial score (nSPS) is 26.0. The van der Waals surface area contributed by atoms with Crippen molar-refractivity contribution >= 4 is 17.8 Å². The average molecular weight is 512 g/mol. The van der Waals surface area contributed by atoms with E-state index in [1.807, 2.05) is 49.3 Å². The van der Waals surface area contributed by atoms with Crippen molar-refractivity contribution in [2.75, 3.05) is 40.3 Å². The number of urea groups is 1. The maximum Gasteiger partial charge on any atom is 0.318 e. The van der Waals surface area contributed by atoms with Crippen molar-refractivity contribution in [3.63, 3.8) is 0 Å². The molecule has 4 N–H and O–H groups in total. The molecule has 1 aromatic carbocycles. The highest BCUT2D eigenvalue weighted by molar-refractivity contribution is 5.87. The Balaban J connectivity index is 1.38. The van der Waals surface area contributed by atoms with Crippen molar-refractivity contribution in [2.24, 2.45) is 11.8 Å². The maximum atomic E-state index is 13.6. The lowest BCUT2D eigenvalue weighted by Gasteiger charge is -2.37. The molecule has 4 rings (SSSR count). The topological polar surface area (TPSA) is 109 Å². The molecule has 0 spiro atoms. The largest absolute Gasteiger partial charge is 0.339 e. The first-order valence-corrected chi connectivity index (χ1v) is 13.1. The third-order valence-electron chi connectivity index (χ3n) is 8.04. The van der Waals surface area contributed by atoms with E-state index in [1.54, 1.807) is 4.90 Å². The van der Waals surface area contributed by atoms with Crippen LogP contribution >= 0.6 is 0 Å². The van der Waals surface area contributed by atoms with Crippen LogP contribution in [0.25, 0.3) is 0 Å². The second-order valence-electron chi connectivity index (χ2n) is 11.2. The quantitative estimate of drug-likeness (QED) is 0.408. The lowest BCUT2D eigenvalue weighted by atomic mass is 9.89. The Kier molecular flexibility index (Phi) is 8.20. The highest BCUT2D eigenvalue weighted by atomic mass is 16.2. The number of piperidine rings is 1. The third-order valence-corrected chi connectivity index (χ3v) is 8.04. The minimum Gasteiger partial charge on any atom is -0.339 e. The van der Waals surface area contributed by atoms with E-state index in [0.29, 0.717) is 39.0 Å². The van der Waals surface area contributed by atoms with E-state index in [1.165, 1.54) is 6.08 Å². The molecule has 3 heterocycles. The molecule has 0 aliphatic carbocycles. The number of benzene rings is 1. The number of hydrazine groups is 1. The second kappa shape index (κ2) is 11.2. The Morgan fingerprint density at radius 3 is 2.46 bits per heavy atom. The molecule has 10 nitrogen and oxygen atoms in total. The predicted octanol–water partition coefficient (Wildman–Crippen LogP) is 1.05. The van der Waals surface area contributed by atoms with E-state index < -0.39 is 5.54 Å². The molecule has 0 bridgehead atoms. The molecule has 3 saturated heterocycles. The molecular weight excluding hydrogens is 470 g/mol. The molecule has 10 heteroatoms. The van der Waals surface area contributed by atoms with Crippen LogP contribution in [0.2, 0.25) is 0 Å². The number of likely N-dealkylation sites (N-methyl/N-ethyl adjacent to an activating group) is 1. The lowest BCUT2D eigenvalue weighted by molar-refractivity contribution is -0.132. The summed E-state index contributed by atoms with van der Waals surface area (Å²) in [5.41, 5.74) is 7.19. The van der Waals surface area contributed by atoms with E-state index in [-0.39, 0.29) is 47.9 Å². The van der Waals surface area contributed by atoms with Gasteiger partial charge < -0.3 is 25.3 Å². The molecule has 0 radical (unpaired) electrons. The Bertz CT molecular complexity index is 991. The number of amides is 4. The Hall–Kier alpha value is -2.95. The van der Waals surface area contributed by atoms with Crippen molar-refractivity contribution in [3.8, 4) is 0 Å². The van der Waals surface area contributed by atoms with Crippen LogP contribution in [0.1, 0.15) is 38.3 Å². The summed E-state index contributed by atoms with van der Waals surface area (Å²) in [6.45, 7) is 9.99. The van der Waals surface area contributed by atoms with Gasteiger partial charge in [0.2, 0.25) is 11.8 Å². The number of carbonyl (C=O) groups is 3. The number of fused-ring (bicyclic) bond motifs is 1. The summed E-state index contributed by atoms with van der Waals surface area (Å²) in [5, 5.41) is 6.41. The van der Waals surface area contributed by atoms with Gasteiger partial charge in [0.05, 0.1) is 23.8 Å². The van der Waals surface area contributed by atoms with Crippen molar-refractivity contribution in [3.05, 3.63) is 48.6 Å². The van der Waals surface area contributed by atoms with Crippen LogP contribution in [0, 0.1) is 11.8 Å². The standard InChI is InChI=1S/C27H41N7O3/c1-6-22(35)33-14-12-19(13-15-33)25(36)29-24-20-16-34(27(2,3)23(20)30-31-24)26(37)28-21(17-32(4)5)18-10-8-7-9-11-18/h6-11,19-21,23-24,30-31H,1,12-17H2,2-5H3,(H,28,37)(H,29,36)/t20?,21-,23?,24?/m1/s1. The molecule has 3 fully saturated rings. The molecule has 3 unspecified atom stereocenters. The average Bonchev–Trinajstić information content (AvgIpc) is 3.41. The molecular formula is C27H41N7O3. The van der Waals surface area contributed by atoms with Gasteiger partial charge in [-0.05, 0) is 52.4 Å². The zero-order chi connectivity index (χ0) is 26.7. The maximum absolute atomic E-state index is 13.6. The van der Waals surface area contributed by atoms with Gasteiger partial charge in [-0.25, -0.2) is 10.2 Å². The van der Waals surface area contributed by atoms with Gasteiger partial charge in [0.25, 0.3) is 0 Å². The zero-order valence-corrected chi connectivity index (χ0v) is 22.4. The molecule has 3 aliphatic rings. The molecule has 1 aromatic rings. The molecule has 37 heavy (non-hydrogen) atoms. The Morgan fingerprint density at radius 1 is 1.16 bits per heavy atom. The molecule has 4 atom stereocenters. The minimum atomic E-state index is -0.461. The number of nitrogens with one attached hydrogen (secondary N) is 4. The number of hydrogen-bond donors (Lipinski definition) is 4. The molecule has 3 aliphatic heterocycles. The van der Waals surface area contributed by atoms with Crippen LogP contribution in [0.5, 0.6) is 0 Å². The Labute approximate surface area is 219 Å². The van der Waals surface area contributed by atoms with Gasteiger partial charge >= 0.3 is 6.03 Å². The van der Waals surface area contributed by atoms with Crippen LogP contribution < -0.4 is 21.5 Å². The van der Waals surface area contributed by atoms with Crippen LogP contribution in [-0.2, 0) is 9.59 Å². The van der Waals surface area contributed by atoms with Gasteiger partial charge in [0, 0.05) is 38.0 Å². The van der Waals surface area contributed by atoms with Crippen LogP contribution in [-0.4, -0.2) is 90.6 Å². The fourth-order valence-corrected chi connectivity index (χ4v) is 5.87. The third kappa shape index (κ3) is 5.81. The highest BCUT2D eigenvalue weighted by Crippen LogP contribution is 2.37. The van der Waals surface area contributed by atoms with E-state index in [2.05, 4.69) is 46.8 Å². The van der Waals surface area contributed by atoms with Gasteiger partial charge in [-0.15, -0.1) is 0 Å². The smallest absolute Gasteiger partial charge is 0.318 e. The van der Waals surface area contributed by atoms with Crippen LogP contribution in [0.15, 0.2) is 43.0 Å². The number of likely N-dealkylation sites (tertiary alicyclic amines) is 2. The SMILES string of the molecule is C=CC(=O)N1CCC(C(=O)NC2NNC3C2CN(C(=O)N[C@H](CN(C)C)c2ccccc2)C3(C)C)CC1. The second-order valence-corrected chi connectivity index (χ2v) is 11.2. The van der Waals surface area contributed by atoms with Gasteiger partial charge in [-0.3, -0.25) is 15.0 Å². The first-order valence-electron chi connectivity index (χ1n) is 13.1. The summed E-state index contributed by atoms with van der Waals surface area (Å²) < 4.78 is 0. The summed E-state index contributed by atoms with van der Waals surface area (Å²) in [6, 6.07) is 9.75. The van der Waals surface area contributed by atoms with E-state index in [4.69, 9.17) is 0 Å². The van der Waals surface area contributed by atoms with Gasteiger partial charge in [0.15, 0.2) is 0 Å². The van der Waals surface area contributed by atoms with Gasteiger partial charge in [0.1, 0.15) is 0 Å². The fraction of sp³-hybridized carbons (Fsp3) is 0.593. The van der Waals surface area contributed by atoms with E-state index >= 15 is 0 Å². The van der Waals surface area contributed by atoms with Crippen molar-refractivity contribution in [1.29, 1.82) is 0 Å². The molecule has 4 amide bonds. The van der Waals surface area contributed by atoms with Crippen molar-refractivity contribution in [2.45, 2.75) is 50.5 Å². The van der Waals surface area contributed by atoms with Gasteiger partial charge in [-0.1, -0.05) is 36.9 Å². The summed E-state index contributed by atoms with van der Waals surface area (Å²) in [7, 11) is 3.99. The minimum absolute atomic E-state index is 0.0125. The molecule has 202 valence electrons. The Morgan fingerprint density at radius 2 is 1.84 bits per heavy atom. The van der Waals surface area contributed by atoms with Crippen molar-refractivity contribution < 1.29 is 14.4 Å². The summed E-state index contributed by atoms with van der Waals surface area (Å²) in [5.74, 6) is -0.214.